The number of hydrogen-bond donors (Lipinski definition) is 1. The fourth-order valence-corrected chi connectivity index (χ4v) is 3.36. The van der Waals surface area contributed by atoms with Crippen molar-refractivity contribution in [2.45, 2.75) is 39.5 Å². The molecule has 0 aromatic rings. The number of nitrogens with zero attached hydrogens (tertiary/aromatic N) is 4. The number of ether oxygens (including phenoxy) is 1. The Bertz CT molecular complexity index is 270. The molecule has 4 fully saturated rings. The first-order valence-corrected chi connectivity index (χ1v) is 11.1. The highest BCUT2D eigenvalue weighted by atomic mass is 16.5. The van der Waals surface area contributed by atoms with Crippen molar-refractivity contribution in [1.29, 1.82) is 0 Å². The molecule has 0 atom stereocenters. The minimum Gasteiger partial charge on any atom is -0.379 e. The highest BCUT2D eigenvalue weighted by molar-refractivity contribution is 4.62. The molecule has 4 rings (SSSR count). The molecule has 0 spiro atoms. The number of hydrogen-bond acceptors (Lipinski definition) is 6. The maximum atomic E-state index is 5.10. The molecule has 0 amide bonds. The molecule has 0 unspecified atom stereocenters. The molecule has 0 aromatic heterocycles. The van der Waals surface area contributed by atoms with Gasteiger partial charge in [0.05, 0.1) is 13.2 Å². The summed E-state index contributed by atoms with van der Waals surface area (Å²) in [4.78, 5) is 9.35. The average molecular weight is 402 g/mol. The minimum absolute atomic E-state index is 0. The fraction of sp³-hybridized carbons (Fsp3) is 1.00. The van der Waals surface area contributed by atoms with E-state index >= 15 is 0 Å². The summed E-state index contributed by atoms with van der Waals surface area (Å²) in [5.41, 5.74) is 0. The molecule has 4 aliphatic heterocycles. The molecule has 28 heavy (non-hydrogen) atoms. The monoisotopic (exact) mass is 401 g/mol. The maximum absolute atomic E-state index is 5.10. The Morgan fingerprint density at radius 2 is 0.857 bits per heavy atom. The average Bonchev–Trinajstić information content (AvgIpc) is 3.16. The number of likely N-dealkylation sites (N-methyl/N-ethyl adjacent to an activating group) is 2. The molecule has 4 saturated heterocycles. The number of rotatable bonds is 0. The second-order valence-corrected chi connectivity index (χ2v) is 8.34. The molecular weight excluding hydrogens is 350 g/mol. The predicted molar refractivity (Wildman–Crippen MR) is 123 cm³/mol. The lowest BCUT2D eigenvalue weighted by atomic mass is 10.1. The highest BCUT2D eigenvalue weighted by Crippen LogP contribution is 2.04. The van der Waals surface area contributed by atoms with Crippen LogP contribution < -0.4 is 5.32 Å². The van der Waals surface area contributed by atoms with Crippen molar-refractivity contribution in [3.63, 3.8) is 0 Å². The van der Waals surface area contributed by atoms with Crippen molar-refractivity contribution < 1.29 is 4.74 Å². The van der Waals surface area contributed by atoms with Gasteiger partial charge in [-0.2, -0.15) is 0 Å². The van der Waals surface area contributed by atoms with Gasteiger partial charge in [-0.3, -0.25) is 0 Å². The highest BCUT2D eigenvalue weighted by Gasteiger charge is 2.04. The van der Waals surface area contributed by atoms with E-state index in [2.05, 4.69) is 53.1 Å². The van der Waals surface area contributed by atoms with Crippen LogP contribution in [-0.2, 0) is 4.74 Å². The van der Waals surface area contributed by atoms with Crippen LogP contribution in [0.3, 0.4) is 0 Å². The van der Waals surface area contributed by atoms with Gasteiger partial charge in [0, 0.05) is 39.3 Å². The quantitative estimate of drug-likeness (QED) is 0.668. The third-order valence-corrected chi connectivity index (χ3v) is 5.48. The van der Waals surface area contributed by atoms with Gasteiger partial charge in [0.15, 0.2) is 0 Å². The van der Waals surface area contributed by atoms with E-state index in [4.69, 9.17) is 4.74 Å². The molecule has 170 valence electrons. The summed E-state index contributed by atoms with van der Waals surface area (Å²) in [6.07, 6.45) is 7.10. The summed E-state index contributed by atoms with van der Waals surface area (Å²) in [6.45, 7) is 14.0. The molecule has 0 saturated carbocycles. The van der Waals surface area contributed by atoms with E-state index in [0.717, 1.165) is 39.4 Å². The largest absolute Gasteiger partial charge is 0.379 e. The van der Waals surface area contributed by atoms with Gasteiger partial charge >= 0.3 is 0 Å². The van der Waals surface area contributed by atoms with Crippen molar-refractivity contribution in [3.05, 3.63) is 0 Å². The number of nitrogens with one attached hydrogen (secondary N) is 1. The van der Waals surface area contributed by atoms with Crippen molar-refractivity contribution in [2.75, 3.05) is 107 Å². The van der Waals surface area contributed by atoms with Crippen LogP contribution in [-0.4, -0.2) is 126 Å². The van der Waals surface area contributed by atoms with Gasteiger partial charge in [-0.05, 0) is 80.1 Å². The van der Waals surface area contributed by atoms with Crippen LogP contribution in [0, 0.1) is 0 Å². The third kappa shape index (κ3) is 16.7. The van der Waals surface area contributed by atoms with Crippen molar-refractivity contribution in [1.82, 2.24) is 24.9 Å². The second-order valence-electron chi connectivity index (χ2n) is 8.34. The summed E-state index contributed by atoms with van der Waals surface area (Å²) >= 11 is 0. The van der Waals surface area contributed by atoms with E-state index in [1.165, 1.54) is 71.4 Å². The molecule has 0 aliphatic carbocycles. The van der Waals surface area contributed by atoms with Crippen LogP contribution in [0.5, 0.6) is 0 Å². The van der Waals surface area contributed by atoms with Crippen LogP contribution >= 0.6 is 0 Å². The predicted octanol–water partition coefficient (Wildman–Crippen LogP) is 1.92. The zero-order valence-electron chi connectivity index (χ0n) is 18.7. The summed E-state index contributed by atoms with van der Waals surface area (Å²) in [6, 6.07) is 0. The molecule has 6 nitrogen and oxygen atoms in total. The number of morpholine rings is 1. The van der Waals surface area contributed by atoms with Crippen LogP contribution in [0.15, 0.2) is 0 Å². The Labute approximate surface area is 176 Å². The lowest BCUT2D eigenvalue weighted by Gasteiger charge is -2.21. The zero-order valence-corrected chi connectivity index (χ0v) is 18.7. The van der Waals surface area contributed by atoms with Gasteiger partial charge in [0.25, 0.3) is 0 Å². The second kappa shape index (κ2) is 18.8. The first-order valence-electron chi connectivity index (χ1n) is 11.1. The van der Waals surface area contributed by atoms with Gasteiger partial charge in [-0.15, -0.1) is 0 Å². The normalized spacial score (nSPS) is 24.4. The molecule has 4 aliphatic rings. The van der Waals surface area contributed by atoms with Gasteiger partial charge in [-0.25, -0.2) is 0 Å². The SMILES string of the molecule is C.CN1CCCC1.CN1CCCCC1.CN1CCNCC1.CN1CCOCC1. The van der Waals surface area contributed by atoms with Crippen LogP contribution in [0.4, 0.5) is 0 Å². The molecule has 1 N–H and O–H groups in total. The Morgan fingerprint density at radius 1 is 0.500 bits per heavy atom. The Balaban J connectivity index is 0.000000344. The van der Waals surface area contributed by atoms with E-state index in [9.17, 15) is 0 Å². The van der Waals surface area contributed by atoms with Crippen LogP contribution in [0.1, 0.15) is 39.5 Å². The van der Waals surface area contributed by atoms with E-state index < -0.39 is 0 Å². The van der Waals surface area contributed by atoms with Gasteiger partial charge in [0.2, 0.25) is 0 Å². The molecule has 4 heterocycles. The molecule has 0 aromatic carbocycles. The van der Waals surface area contributed by atoms with Gasteiger partial charge < -0.3 is 29.7 Å². The van der Waals surface area contributed by atoms with Crippen molar-refractivity contribution in [2.24, 2.45) is 0 Å². The van der Waals surface area contributed by atoms with E-state index in [1.54, 1.807) is 0 Å². The van der Waals surface area contributed by atoms with Crippen molar-refractivity contribution >= 4 is 0 Å². The minimum atomic E-state index is 0. The number of piperazine rings is 1. The lowest BCUT2D eigenvalue weighted by Crippen LogP contribution is -2.40. The Hall–Kier alpha value is -0.240. The van der Waals surface area contributed by atoms with E-state index in [1.807, 2.05) is 0 Å². The first kappa shape index (κ1) is 27.8. The zero-order chi connectivity index (χ0) is 19.7. The van der Waals surface area contributed by atoms with Crippen molar-refractivity contribution in [3.8, 4) is 0 Å². The van der Waals surface area contributed by atoms with Gasteiger partial charge in [0.1, 0.15) is 0 Å². The number of likely N-dealkylation sites (tertiary alicyclic amines) is 2. The van der Waals surface area contributed by atoms with Crippen LogP contribution in [0.25, 0.3) is 0 Å². The smallest absolute Gasteiger partial charge is 0.0594 e. The first-order chi connectivity index (χ1) is 13.1. The molecule has 6 heteroatoms. The van der Waals surface area contributed by atoms with Gasteiger partial charge in [-0.1, -0.05) is 13.8 Å². The summed E-state index contributed by atoms with van der Waals surface area (Å²) in [5.74, 6) is 0. The fourth-order valence-electron chi connectivity index (χ4n) is 3.36. The topological polar surface area (TPSA) is 34.2 Å². The standard InChI is InChI=1S/C6H13N.C5H12N2.C5H11NO.C5H11N.CH4/c1-7-5-3-2-4-6-7;1-7-4-2-6-3-5-7;1-6-2-4-7-5-3-6;1-6-4-2-3-5-6;/h2-6H2,1H3;6H,2-5H2,1H3;2-5H2,1H3;2-5H2,1H3;1H4. The van der Waals surface area contributed by atoms with E-state index in [0.29, 0.717) is 0 Å². The summed E-state index contributed by atoms with van der Waals surface area (Å²) in [5, 5.41) is 3.27. The summed E-state index contributed by atoms with van der Waals surface area (Å²) in [7, 11) is 8.63. The van der Waals surface area contributed by atoms with Crippen LogP contribution in [0.2, 0.25) is 0 Å². The Kier molecular flexibility index (Phi) is 18.6. The summed E-state index contributed by atoms with van der Waals surface area (Å²) < 4.78 is 5.10. The molecular formula is C22H51N5O. The maximum Gasteiger partial charge on any atom is 0.0594 e. The lowest BCUT2D eigenvalue weighted by molar-refractivity contribution is 0.0503. The Morgan fingerprint density at radius 3 is 1.07 bits per heavy atom. The molecule has 0 bridgehead atoms. The molecule has 0 radical (unpaired) electrons. The number of piperidine rings is 1. The third-order valence-electron chi connectivity index (χ3n) is 5.48. The van der Waals surface area contributed by atoms with E-state index in [-0.39, 0.29) is 7.43 Å².